The Bertz CT molecular complexity index is 909. The maximum absolute atomic E-state index is 12.3. The van der Waals surface area contributed by atoms with Crippen LogP contribution in [0.25, 0.3) is 10.9 Å². The molecule has 0 unspecified atom stereocenters. The van der Waals surface area contributed by atoms with Gasteiger partial charge in [-0.05, 0) is 17.7 Å². The molecule has 25 heavy (non-hydrogen) atoms. The molecule has 0 aliphatic rings. The Morgan fingerprint density at radius 1 is 1.08 bits per heavy atom. The van der Waals surface area contributed by atoms with E-state index in [9.17, 15) is 9.59 Å². The van der Waals surface area contributed by atoms with Gasteiger partial charge in [0, 0.05) is 18.1 Å². The number of nitrogens with zero attached hydrogens (tertiary/aromatic N) is 2. The van der Waals surface area contributed by atoms with E-state index in [2.05, 4.69) is 22.4 Å². The van der Waals surface area contributed by atoms with E-state index in [1.165, 1.54) is 16.5 Å². The lowest BCUT2D eigenvalue weighted by molar-refractivity contribution is -0.121. The zero-order valence-corrected chi connectivity index (χ0v) is 14.5. The summed E-state index contributed by atoms with van der Waals surface area (Å²) in [6.45, 7) is 0.562. The molecule has 0 radical (unpaired) electrons. The Kier molecular flexibility index (Phi) is 5.85. The van der Waals surface area contributed by atoms with E-state index in [4.69, 9.17) is 0 Å². The third-order valence-electron chi connectivity index (χ3n) is 3.73. The van der Waals surface area contributed by atoms with Crippen LogP contribution in [0.4, 0.5) is 0 Å². The molecule has 128 valence electrons. The minimum absolute atomic E-state index is 0.0139. The second-order valence-electron chi connectivity index (χ2n) is 5.58. The maximum atomic E-state index is 12.3. The van der Waals surface area contributed by atoms with Gasteiger partial charge < -0.3 is 5.32 Å². The van der Waals surface area contributed by atoms with E-state index < -0.39 is 0 Å². The van der Waals surface area contributed by atoms with Gasteiger partial charge in [0.2, 0.25) is 5.91 Å². The summed E-state index contributed by atoms with van der Waals surface area (Å²) in [5.41, 5.74) is 1.72. The Balaban J connectivity index is 1.46. The van der Waals surface area contributed by atoms with Crippen molar-refractivity contribution < 1.29 is 4.79 Å². The van der Waals surface area contributed by atoms with Crippen LogP contribution in [0.5, 0.6) is 0 Å². The van der Waals surface area contributed by atoms with Crippen LogP contribution in [-0.4, -0.2) is 27.8 Å². The second kappa shape index (κ2) is 8.48. The monoisotopic (exact) mass is 353 g/mol. The van der Waals surface area contributed by atoms with Gasteiger partial charge in [-0.25, -0.2) is 4.98 Å². The second-order valence-corrected chi connectivity index (χ2v) is 6.69. The van der Waals surface area contributed by atoms with E-state index in [1.54, 1.807) is 30.0 Å². The lowest BCUT2D eigenvalue weighted by Crippen LogP contribution is -2.33. The lowest BCUT2D eigenvalue weighted by atomic mass is 10.2. The largest absolute Gasteiger partial charge is 0.354 e. The van der Waals surface area contributed by atoms with Crippen LogP contribution < -0.4 is 10.9 Å². The number of benzene rings is 2. The molecule has 0 aliphatic carbocycles. The Hall–Kier alpha value is -2.60. The summed E-state index contributed by atoms with van der Waals surface area (Å²) in [5, 5.41) is 3.37. The van der Waals surface area contributed by atoms with Crippen molar-refractivity contribution in [1.82, 2.24) is 14.9 Å². The molecule has 5 nitrogen and oxygen atoms in total. The summed E-state index contributed by atoms with van der Waals surface area (Å²) in [6.07, 6.45) is 1.42. The topological polar surface area (TPSA) is 64.0 Å². The average Bonchev–Trinajstić information content (AvgIpc) is 2.65. The first-order valence-corrected chi connectivity index (χ1v) is 9.22. The third kappa shape index (κ3) is 4.70. The fourth-order valence-electron chi connectivity index (χ4n) is 2.46. The summed E-state index contributed by atoms with van der Waals surface area (Å²) in [5.74, 6) is 1.57. The first-order valence-electron chi connectivity index (χ1n) is 8.06. The molecular weight excluding hydrogens is 334 g/mol. The average molecular weight is 353 g/mol. The minimum Gasteiger partial charge on any atom is -0.354 e. The SMILES string of the molecule is O=C(Cn1cnc2ccccc2c1=O)NCCSCc1ccccc1. The normalized spacial score (nSPS) is 10.7. The Labute approximate surface area is 150 Å². The van der Waals surface area contributed by atoms with Crippen LogP contribution in [0.2, 0.25) is 0 Å². The van der Waals surface area contributed by atoms with Crippen molar-refractivity contribution in [2.24, 2.45) is 0 Å². The molecule has 0 spiro atoms. The number of carbonyl (C=O) groups is 1. The molecule has 0 saturated carbocycles. The Morgan fingerprint density at radius 2 is 1.84 bits per heavy atom. The number of amides is 1. The number of hydrogen-bond acceptors (Lipinski definition) is 4. The molecular formula is C19H19N3O2S. The summed E-state index contributed by atoms with van der Waals surface area (Å²) in [6, 6.07) is 17.3. The first kappa shape index (κ1) is 17.2. The van der Waals surface area contributed by atoms with Crippen LogP contribution in [0.1, 0.15) is 5.56 Å². The molecule has 1 N–H and O–H groups in total. The smallest absolute Gasteiger partial charge is 0.261 e. The van der Waals surface area contributed by atoms with Crippen LogP contribution in [0.15, 0.2) is 65.7 Å². The highest BCUT2D eigenvalue weighted by molar-refractivity contribution is 7.98. The molecule has 0 fully saturated rings. The third-order valence-corrected chi connectivity index (χ3v) is 4.76. The molecule has 0 bridgehead atoms. The summed E-state index contributed by atoms with van der Waals surface area (Å²) >= 11 is 1.76. The van der Waals surface area contributed by atoms with E-state index in [0.717, 1.165) is 11.5 Å². The summed E-state index contributed by atoms with van der Waals surface area (Å²) < 4.78 is 1.34. The molecule has 2 aromatic carbocycles. The number of para-hydroxylation sites is 1. The summed E-state index contributed by atoms with van der Waals surface area (Å²) in [4.78, 5) is 28.6. The van der Waals surface area contributed by atoms with E-state index in [1.807, 2.05) is 24.3 Å². The van der Waals surface area contributed by atoms with Gasteiger partial charge in [0.1, 0.15) is 6.54 Å². The lowest BCUT2D eigenvalue weighted by Gasteiger charge is -2.08. The number of carbonyl (C=O) groups excluding carboxylic acids is 1. The number of thioether (sulfide) groups is 1. The molecule has 1 amide bonds. The molecule has 3 aromatic rings. The summed E-state index contributed by atoms with van der Waals surface area (Å²) in [7, 11) is 0. The van der Waals surface area contributed by atoms with Gasteiger partial charge in [-0.3, -0.25) is 14.2 Å². The van der Waals surface area contributed by atoms with E-state index in [0.29, 0.717) is 17.4 Å². The van der Waals surface area contributed by atoms with Crippen molar-refractivity contribution in [3.05, 3.63) is 76.8 Å². The van der Waals surface area contributed by atoms with Gasteiger partial charge in [0.25, 0.3) is 5.56 Å². The highest BCUT2D eigenvalue weighted by Crippen LogP contribution is 2.10. The Morgan fingerprint density at radius 3 is 2.68 bits per heavy atom. The number of fused-ring (bicyclic) bond motifs is 1. The molecule has 0 aliphatic heterocycles. The van der Waals surface area contributed by atoms with Crippen molar-refractivity contribution in [2.75, 3.05) is 12.3 Å². The predicted octanol–water partition coefficient (Wildman–Crippen LogP) is 2.45. The molecule has 1 heterocycles. The van der Waals surface area contributed by atoms with E-state index in [-0.39, 0.29) is 18.0 Å². The minimum atomic E-state index is -0.195. The highest BCUT2D eigenvalue weighted by atomic mass is 32.2. The number of hydrogen-bond donors (Lipinski definition) is 1. The van der Waals surface area contributed by atoms with Crippen molar-refractivity contribution >= 4 is 28.6 Å². The van der Waals surface area contributed by atoms with Crippen molar-refractivity contribution in [2.45, 2.75) is 12.3 Å². The zero-order valence-electron chi connectivity index (χ0n) is 13.7. The van der Waals surface area contributed by atoms with Gasteiger partial charge in [0.15, 0.2) is 0 Å². The van der Waals surface area contributed by atoms with Crippen molar-refractivity contribution in [3.63, 3.8) is 0 Å². The fourth-order valence-corrected chi connectivity index (χ4v) is 3.28. The van der Waals surface area contributed by atoms with Crippen LogP contribution in [-0.2, 0) is 17.1 Å². The number of nitrogens with one attached hydrogen (secondary N) is 1. The van der Waals surface area contributed by atoms with Crippen LogP contribution in [0.3, 0.4) is 0 Å². The molecule has 0 atom stereocenters. The molecule has 6 heteroatoms. The highest BCUT2D eigenvalue weighted by Gasteiger charge is 2.07. The van der Waals surface area contributed by atoms with E-state index >= 15 is 0 Å². The fraction of sp³-hybridized carbons (Fsp3) is 0.211. The molecule has 1 aromatic heterocycles. The van der Waals surface area contributed by atoms with Gasteiger partial charge in [-0.1, -0.05) is 42.5 Å². The van der Waals surface area contributed by atoms with Gasteiger partial charge in [-0.15, -0.1) is 0 Å². The van der Waals surface area contributed by atoms with Gasteiger partial charge in [0.05, 0.1) is 17.2 Å². The first-order chi connectivity index (χ1) is 12.2. The van der Waals surface area contributed by atoms with Crippen LogP contribution in [0, 0.1) is 0 Å². The maximum Gasteiger partial charge on any atom is 0.261 e. The van der Waals surface area contributed by atoms with Crippen molar-refractivity contribution in [1.29, 1.82) is 0 Å². The van der Waals surface area contributed by atoms with Gasteiger partial charge >= 0.3 is 0 Å². The quantitative estimate of drug-likeness (QED) is 0.663. The number of rotatable bonds is 7. The van der Waals surface area contributed by atoms with Crippen LogP contribution >= 0.6 is 11.8 Å². The van der Waals surface area contributed by atoms with Gasteiger partial charge in [-0.2, -0.15) is 11.8 Å². The molecule has 0 saturated heterocycles. The predicted molar refractivity (Wildman–Crippen MR) is 102 cm³/mol. The zero-order chi connectivity index (χ0) is 17.5. The van der Waals surface area contributed by atoms with Crippen molar-refractivity contribution in [3.8, 4) is 0 Å². The molecule has 3 rings (SSSR count). The standard InChI is InChI=1S/C19H19N3O2S/c23-18(20-10-11-25-13-15-6-2-1-3-7-15)12-22-14-21-17-9-5-4-8-16(17)19(22)24/h1-9,14H,10-13H2,(H,20,23). The number of aromatic nitrogens is 2.